The van der Waals surface area contributed by atoms with Crippen LogP contribution < -0.4 is 9.64 Å². The molecule has 1 aromatic heterocycles. The second-order valence-corrected chi connectivity index (χ2v) is 5.60. The van der Waals surface area contributed by atoms with E-state index in [4.69, 9.17) is 9.72 Å². The third-order valence-corrected chi connectivity index (χ3v) is 4.26. The normalized spacial score (nSPS) is 14.7. The van der Waals surface area contributed by atoms with E-state index < -0.39 is 0 Å². The molecule has 112 valence electrons. The summed E-state index contributed by atoms with van der Waals surface area (Å²) in [6, 6.07) is 16.4. The molecule has 0 bridgehead atoms. The van der Waals surface area contributed by atoms with Gasteiger partial charge in [-0.3, -0.25) is 4.57 Å². The summed E-state index contributed by atoms with van der Waals surface area (Å²) in [4.78, 5) is 7.25. The fourth-order valence-electron chi connectivity index (χ4n) is 3.19. The first kappa shape index (κ1) is 13.2. The second kappa shape index (κ2) is 5.37. The Kier molecular flexibility index (Phi) is 3.22. The maximum atomic E-state index is 5.57. The molecule has 0 atom stereocenters. The average Bonchev–Trinajstić information content (AvgIpc) is 3.22. The van der Waals surface area contributed by atoms with Crippen LogP contribution in [0.15, 0.2) is 48.5 Å². The molecule has 1 saturated heterocycles. The Bertz CT molecular complexity index is 803. The molecular formula is C18H19N3O. The molecule has 1 fully saturated rings. The van der Waals surface area contributed by atoms with Gasteiger partial charge in [-0.15, -0.1) is 0 Å². The first-order valence-electron chi connectivity index (χ1n) is 7.74. The lowest BCUT2D eigenvalue weighted by Crippen LogP contribution is -2.21. The van der Waals surface area contributed by atoms with Gasteiger partial charge < -0.3 is 9.64 Å². The van der Waals surface area contributed by atoms with Gasteiger partial charge in [0.2, 0.25) is 5.95 Å². The van der Waals surface area contributed by atoms with Crippen LogP contribution in [0, 0.1) is 0 Å². The Morgan fingerprint density at radius 3 is 2.50 bits per heavy atom. The van der Waals surface area contributed by atoms with E-state index in [2.05, 4.69) is 33.7 Å². The van der Waals surface area contributed by atoms with Gasteiger partial charge in [-0.2, -0.15) is 0 Å². The lowest BCUT2D eigenvalue weighted by molar-refractivity contribution is 0.413. The number of benzene rings is 2. The zero-order valence-electron chi connectivity index (χ0n) is 12.7. The van der Waals surface area contributed by atoms with Crippen molar-refractivity contribution in [3.8, 4) is 11.4 Å². The summed E-state index contributed by atoms with van der Waals surface area (Å²) in [5, 5.41) is 0. The smallest absolute Gasteiger partial charge is 0.211 e. The predicted molar refractivity (Wildman–Crippen MR) is 89.1 cm³/mol. The van der Waals surface area contributed by atoms with Gasteiger partial charge in [-0.25, -0.2) is 4.98 Å². The molecule has 0 amide bonds. The third-order valence-electron chi connectivity index (χ3n) is 4.26. The molecule has 22 heavy (non-hydrogen) atoms. The summed E-state index contributed by atoms with van der Waals surface area (Å²) < 4.78 is 7.79. The van der Waals surface area contributed by atoms with Crippen molar-refractivity contribution < 1.29 is 4.74 Å². The van der Waals surface area contributed by atoms with E-state index in [1.807, 2.05) is 24.3 Å². The van der Waals surface area contributed by atoms with Crippen molar-refractivity contribution in [2.24, 2.45) is 0 Å². The maximum Gasteiger partial charge on any atom is 0.211 e. The van der Waals surface area contributed by atoms with Crippen LogP contribution in [-0.4, -0.2) is 29.8 Å². The Hall–Kier alpha value is -2.49. The maximum absolute atomic E-state index is 5.57. The van der Waals surface area contributed by atoms with Gasteiger partial charge in [0.15, 0.2) is 0 Å². The van der Waals surface area contributed by atoms with Crippen molar-refractivity contribution in [2.45, 2.75) is 12.8 Å². The van der Waals surface area contributed by atoms with E-state index in [9.17, 15) is 0 Å². The van der Waals surface area contributed by atoms with Gasteiger partial charge in [0.1, 0.15) is 5.75 Å². The largest absolute Gasteiger partial charge is 0.495 e. The van der Waals surface area contributed by atoms with Crippen LogP contribution >= 0.6 is 0 Å². The minimum atomic E-state index is 0.867. The van der Waals surface area contributed by atoms with Gasteiger partial charge in [-0.05, 0) is 37.1 Å². The van der Waals surface area contributed by atoms with Crippen molar-refractivity contribution in [1.82, 2.24) is 9.55 Å². The van der Waals surface area contributed by atoms with Crippen molar-refractivity contribution in [1.29, 1.82) is 0 Å². The fourth-order valence-corrected chi connectivity index (χ4v) is 3.19. The van der Waals surface area contributed by atoms with Gasteiger partial charge in [0, 0.05) is 13.1 Å². The minimum Gasteiger partial charge on any atom is -0.495 e. The zero-order valence-corrected chi connectivity index (χ0v) is 12.7. The Labute approximate surface area is 130 Å². The van der Waals surface area contributed by atoms with Crippen molar-refractivity contribution >= 4 is 17.0 Å². The third kappa shape index (κ3) is 2.03. The van der Waals surface area contributed by atoms with Crippen LogP contribution in [0.5, 0.6) is 5.75 Å². The molecule has 4 rings (SSSR count). The Morgan fingerprint density at radius 2 is 1.68 bits per heavy atom. The zero-order chi connectivity index (χ0) is 14.9. The van der Waals surface area contributed by atoms with Crippen LogP contribution in [0.3, 0.4) is 0 Å². The molecule has 1 aliphatic heterocycles. The van der Waals surface area contributed by atoms with Crippen LogP contribution in [0.25, 0.3) is 16.7 Å². The highest BCUT2D eigenvalue weighted by atomic mass is 16.5. The standard InChI is InChI=1S/C18H19N3O/c1-22-17-11-5-4-10-16(17)21-15-9-3-2-8-14(15)19-18(21)20-12-6-7-13-20/h2-5,8-11H,6-7,12-13H2,1H3. The van der Waals surface area contributed by atoms with Gasteiger partial charge in [0.25, 0.3) is 0 Å². The summed E-state index contributed by atoms with van der Waals surface area (Å²) >= 11 is 0. The number of rotatable bonds is 3. The molecule has 0 spiro atoms. The van der Waals surface area contributed by atoms with E-state index in [0.29, 0.717) is 0 Å². The topological polar surface area (TPSA) is 30.3 Å². The monoisotopic (exact) mass is 293 g/mol. The summed E-state index contributed by atoms with van der Waals surface area (Å²) in [5.74, 6) is 1.88. The number of hydrogen-bond acceptors (Lipinski definition) is 3. The summed E-state index contributed by atoms with van der Waals surface area (Å²) in [6.07, 6.45) is 2.46. The van der Waals surface area contributed by atoms with Crippen molar-refractivity contribution in [2.75, 3.05) is 25.1 Å². The van der Waals surface area contributed by atoms with Crippen LogP contribution in [0.4, 0.5) is 5.95 Å². The lowest BCUT2D eigenvalue weighted by Gasteiger charge is -2.20. The summed E-state index contributed by atoms with van der Waals surface area (Å²) in [5.41, 5.74) is 3.19. The molecule has 0 N–H and O–H groups in total. The van der Waals surface area contributed by atoms with E-state index in [1.54, 1.807) is 7.11 Å². The molecule has 0 saturated carbocycles. The Balaban J connectivity index is 1.99. The van der Waals surface area contributed by atoms with E-state index in [1.165, 1.54) is 12.8 Å². The molecule has 3 aromatic rings. The SMILES string of the molecule is COc1ccccc1-n1c(N2CCCC2)nc2ccccc21. The molecule has 0 unspecified atom stereocenters. The number of ether oxygens (including phenoxy) is 1. The van der Waals surface area contributed by atoms with E-state index in [-0.39, 0.29) is 0 Å². The van der Waals surface area contributed by atoms with Crippen LogP contribution in [-0.2, 0) is 0 Å². The summed E-state index contributed by atoms with van der Waals surface area (Å²) in [6.45, 7) is 2.14. The molecular weight excluding hydrogens is 274 g/mol. The number of methoxy groups -OCH3 is 1. The molecule has 0 aliphatic carbocycles. The number of hydrogen-bond donors (Lipinski definition) is 0. The molecule has 1 aliphatic rings. The van der Waals surface area contributed by atoms with Gasteiger partial charge in [0.05, 0.1) is 23.8 Å². The first-order valence-corrected chi connectivity index (χ1v) is 7.74. The molecule has 2 aromatic carbocycles. The van der Waals surface area contributed by atoms with Crippen LogP contribution in [0.1, 0.15) is 12.8 Å². The van der Waals surface area contributed by atoms with E-state index >= 15 is 0 Å². The predicted octanol–water partition coefficient (Wildman–Crippen LogP) is 3.63. The van der Waals surface area contributed by atoms with Crippen LogP contribution in [0.2, 0.25) is 0 Å². The lowest BCUT2D eigenvalue weighted by atomic mass is 10.2. The molecule has 4 heteroatoms. The molecule has 2 heterocycles. The second-order valence-electron chi connectivity index (χ2n) is 5.60. The highest BCUT2D eigenvalue weighted by Crippen LogP contribution is 2.33. The summed E-state index contributed by atoms with van der Waals surface area (Å²) in [7, 11) is 1.72. The highest BCUT2D eigenvalue weighted by molar-refractivity contribution is 5.82. The molecule has 4 nitrogen and oxygen atoms in total. The Morgan fingerprint density at radius 1 is 0.955 bits per heavy atom. The van der Waals surface area contributed by atoms with Gasteiger partial charge in [-0.1, -0.05) is 24.3 Å². The quantitative estimate of drug-likeness (QED) is 0.738. The highest BCUT2D eigenvalue weighted by Gasteiger charge is 2.22. The molecule has 0 radical (unpaired) electrons. The number of imidazole rings is 1. The number of anilines is 1. The van der Waals surface area contributed by atoms with E-state index in [0.717, 1.165) is 41.5 Å². The minimum absolute atomic E-state index is 0.867. The van der Waals surface area contributed by atoms with Crippen molar-refractivity contribution in [3.63, 3.8) is 0 Å². The van der Waals surface area contributed by atoms with Gasteiger partial charge >= 0.3 is 0 Å². The van der Waals surface area contributed by atoms with Crippen molar-refractivity contribution in [3.05, 3.63) is 48.5 Å². The number of para-hydroxylation sites is 4. The average molecular weight is 293 g/mol. The number of nitrogens with zero attached hydrogens (tertiary/aromatic N) is 3. The number of aromatic nitrogens is 2. The number of fused-ring (bicyclic) bond motifs is 1. The fraction of sp³-hybridized carbons (Fsp3) is 0.278. The first-order chi connectivity index (χ1) is 10.9.